The van der Waals surface area contributed by atoms with Crippen molar-refractivity contribution in [1.29, 1.82) is 0 Å². The van der Waals surface area contributed by atoms with Gasteiger partial charge in [0, 0.05) is 13.1 Å². The molecule has 0 aromatic carbocycles. The number of rotatable bonds is 5. The molecular weight excluding hydrogens is 298 g/mol. The fourth-order valence-corrected chi connectivity index (χ4v) is 5.56. The average Bonchev–Trinajstić information content (AvgIpc) is 2.67. The Kier molecular flexibility index (Phi) is 6.60. The molecule has 0 spiro atoms. The molecule has 1 amide bonds. The first kappa shape index (κ1) is 18.2. The van der Waals surface area contributed by atoms with Crippen LogP contribution in [0, 0.1) is 17.3 Å². The Morgan fingerprint density at radius 2 is 1.71 bits per heavy atom. The highest BCUT2D eigenvalue weighted by Gasteiger charge is 2.48. The summed E-state index contributed by atoms with van der Waals surface area (Å²) >= 11 is 0. The van der Waals surface area contributed by atoms with Crippen LogP contribution in [0.25, 0.3) is 0 Å². The summed E-state index contributed by atoms with van der Waals surface area (Å²) in [5.74, 6) is 2.06. The predicted octanol–water partition coefficient (Wildman–Crippen LogP) is 4.79. The van der Waals surface area contributed by atoms with Crippen molar-refractivity contribution < 1.29 is 9.53 Å². The second kappa shape index (κ2) is 8.69. The Morgan fingerprint density at radius 3 is 2.33 bits per heavy atom. The molecule has 0 N–H and O–H groups in total. The third-order valence-corrected chi connectivity index (χ3v) is 7.06. The number of hydrogen-bond acceptors (Lipinski definition) is 2. The molecule has 0 aromatic heterocycles. The van der Waals surface area contributed by atoms with Crippen LogP contribution >= 0.6 is 0 Å². The molecule has 0 aromatic rings. The van der Waals surface area contributed by atoms with Crippen molar-refractivity contribution in [3.8, 4) is 0 Å². The maximum absolute atomic E-state index is 13.5. The summed E-state index contributed by atoms with van der Waals surface area (Å²) in [6.45, 7) is 5.37. The van der Waals surface area contributed by atoms with Gasteiger partial charge in [0.1, 0.15) is 0 Å². The van der Waals surface area contributed by atoms with Gasteiger partial charge in [-0.05, 0) is 37.5 Å². The topological polar surface area (TPSA) is 29.5 Å². The van der Waals surface area contributed by atoms with Crippen LogP contribution in [0.1, 0.15) is 84.0 Å². The molecule has 1 aliphatic heterocycles. The lowest BCUT2D eigenvalue weighted by Crippen LogP contribution is -2.53. The van der Waals surface area contributed by atoms with Crippen LogP contribution < -0.4 is 0 Å². The molecular formula is C21H37NO2. The summed E-state index contributed by atoms with van der Waals surface area (Å²) in [6, 6.07) is 0. The van der Waals surface area contributed by atoms with Crippen molar-refractivity contribution in [1.82, 2.24) is 4.90 Å². The van der Waals surface area contributed by atoms with Gasteiger partial charge < -0.3 is 9.64 Å². The van der Waals surface area contributed by atoms with E-state index < -0.39 is 0 Å². The maximum atomic E-state index is 13.5. The summed E-state index contributed by atoms with van der Waals surface area (Å²) in [4.78, 5) is 15.6. The highest BCUT2D eigenvalue weighted by molar-refractivity contribution is 5.83. The van der Waals surface area contributed by atoms with E-state index in [2.05, 4.69) is 11.8 Å². The van der Waals surface area contributed by atoms with Crippen molar-refractivity contribution in [3.63, 3.8) is 0 Å². The molecule has 3 rings (SSSR count). The van der Waals surface area contributed by atoms with Gasteiger partial charge in [0.2, 0.25) is 5.91 Å². The number of carbonyl (C=O) groups excluding carboxylic acids is 1. The largest absolute Gasteiger partial charge is 0.378 e. The molecule has 24 heavy (non-hydrogen) atoms. The van der Waals surface area contributed by atoms with E-state index >= 15 is 0 Å². The van der Waals surface area contributed by atoms with E-state index in [0.29, 0.717) is 11.8 Å². The molecule has 138 valence electrons. The predicted molar refractivity (Wildman–Crippen MR) is 97.9 cm³/mol. The molecule has 1 heterocycles. The van der Waals surface area contributed by atoms with Gasteiger partial charge in [-0.3, -0.25) is 4.79 Å². The van der Waals surface area contributed by atoms with E-state index in [9.17, 15) is 4.79 Å². The van der Waals surface area contributed by atoms with Crippen LogP contribution in [0.3, 0.4) is 0 Å². The smallest absolute Gasteiger partial charge is 0.229 e. The minimum atomic E-state index is -0.0225. The van der Waals surface area contributed by atoms with Crippen molar-refractivity contribution in [3.05, 3.63) is 0 Å². The molecule has 1 saturated heterocycles. The molecule has 2 aliphatic carbocycles. The fourth-order valence-electron chi connectivity index (χ4n) is 5.56. The molecule has 0 unspecified atom stereocenters. The zero-order valence-electron chi connectivity index (χ0n) is 15.7. The summed E-state index contributed by atoms with van der Waals surface area (Å²) in [7, 11) is 0. The molecule has 0 radical (unpaired) electrons. The zero-order valence-corrected chi connectivity index (χ0v) is 15.7. The van der Waals surface area contributed by atoms with E-state index in [1.807, 2.05) is 0 Å². The highest BCUT2D eigenvalue weighted by Crippen LogP contribution is 2.50. The standard InChI is InChI=1S/C21H37NO2/c1-2-3-7-18-8-10-19(11-9-18)21(12-5-4-6-13-21)20(23)22-14-16-24-17-15-22/h18-19H,2-17H2,1H3. The summed E-state index contributed by atoms with van der Waals surface area (Å²) in [5, 5.41) is 0. The van der Waals surface area contributed by atoms with Gasteiger partial charge in [0.15, 0.2) is 0 Å². The second-order valence-electron chi connectivity index (χ2n) is 8.48. The number of ether oxygens (including phenoxy) is 1. The zero-order chi connectivity index (χ0) is 16.8. The van der Waals surface area contributed by atoms with E-state index in [-0.39, 0.29) is 5.41 Å². The number of carbonyl (C=O) groups is 1. The maximum Gasteiger partial charge on any atom is 0.229 e. The second-order valence-corrected chi connectivity index (χ2v) is 8.48. The van der Waals surface area contributed by atoms with Gasteiger partial charge in [-0.25, -0.2) is 0 Å². The van der Waals surface area contributed by atoms with E-state index in [4.69, 9.17) is 4.74 Å². The number of amides is 1. The van der Waals surface area contributed by atoms with Crippen LogP contribution in [0.4, 0.5) is 0 Å². The van der Waals surface area contributed by atoms with Gasteiger partial charge in [-0.15, -0.1) is 0 Å². The van der Waals surface area contributed by atoms with E-state index in [1.54, 1.807) is 0 Å². The Morgan fingerprint density at radius 1 is 1.04 bits per heavy atom. The van der Waals surface area contributed by atoms with Crippen LogP contribution in [-0.4, -0.2) is 37.1 Å². The van der Waals surface area contributed by atoms with Crippen LogP contribution in [0.15, 0.2) is 0 Å². The van der Waals surface area contributed by atoms with Gasteiger partial charge in [-0.2, -0.15) is 0 Å². The highest BCUT2D eigenvalue weighted by atomic mass is 16.5. The fraction of sp³-hybridized carbons (Fsp3) is 0.952. The first-order valence-electron chi connectivity index (χ1n) is 10.6. The van der Waals surface area contributed by atoms with Crippen LogP contribution in [-0.2, 0) is 9.53 Å². The molecule has 3 heteroatoms. The molecule has 2 saturated carbocycles. The lowest BCUT2D eigenvalue weighted by molar-refractivity contribution is -0.154. The monoisotopic (exact) mass is 335 g/mol. The van der Waals surface area contributed by atoms with Crippen LogP contribution in [0.2, 0.25) is 0 Å². The van der Waals surface area contributed by atoms with Crippen molar-refractivity contribution in [2.75, 3.05) is 26.3 Å². The lowest BCUT2D eigenvalue weighted by atomic mass is 9.59. The van der Waals surface area contributed by atoms with Crippen molar-refractivity contribution >= 4 is 5.91 Å². The minimum Gasteiger partial charge on any atom is -0.378 e. The summed E-state index contributed by atoms with van der Waals surface area (Å²) in [6.07, 6.45) is 15.6. The van der Waals surface area contributed by atoms with E-state index in [1.165, 1.54) is 64.2 Å². The summed E-state index contributed by atoms with van der Waals surface area (Å²) in [5.41, 5.74) is -0.0225. The van der Waals surface area contributed by atoms with E-state index in [0.717, 1.165) is 45.1 Å². The van der Waals surface area contributed by atoms with Gasteiger partial charge in [0.05, 0.1) is 18.6 Å². The number of nitrogens with zero attached hydrogens (tertiary/aromatic N) is 1. The SMILES string of the molecule is CCCCC1CCC(C2(C(=O)N3CCOCC3)CCCCC2)CC1. The van der Waals surface area contributed by atoms with Crippen molar-refractivity contribution in [2.45, 2.75) is 84.0 Å². The normalized spacial score (nSPS) is 31.0. The lowest BCUT2D eigenvalue weighted by Gasteiger charge is -2.48. The Bertz CT molecular complexity index is 389. The van der Waals surface area contributed by atoms with Gasteiger partial charge in [-0.1, -0.05) is 58.3 Å². The summed E-state index contributed by atoms with van der Waals surface area (Å²) < 4.78 is 5.47. The first-order valence-corrected chi connectivity index (χ1v) is 10.6. The average molecular weight is 336 g/mol. The molecule has 0 atom stereocenters. The molecule has 0 bridgehead atoms. The quantitative estimate of drug-likeness (QED) is 0.723. The third kappa shape index (κ3) is 3.98. The Balaban J connectivity index is 1.66. The molecule has 3 aliphatic rings. The Labute approximate surface area is 148 Å². The third-order valence-electron chi connectivity index (χ3n) is 7.06. The Hall–Kier alpha value is -0.570. The van der Waals surface area contributed by atoms with Crippen LogP contribution in [0.5, 0.6) is 0 Å². The molecule has 3 nitrogen and oxygen atoms in total. The molecule has 3 fully saturated rings. The minimum absolute atomic E-state index is 0.0225. The van der Waals surface area contributed by atoms with Gasteiger partial charge >= 0.3 is 0 Å². The number of unbranched alkanes of at least 4 members (excludes halogenated alkanes) is 1. The van der Waals surface area contributed by atoms with Gasteiger partial charge in [0.25, 0.3) is 0 Å². The number of morpholine rings is 1. The van der Waals surface area contributed by atoms with Crippen molar-refractivity contribution in [2.24, 2.45) is 17.3 Å². The first-order chi connectivity index (χ1) is 11.8. The number of hydrogen-bond donors (Lipinski definition) is 0.